The van der Waals surface area contributed by atoms with E-state index in [-0.39, 0.29) is 17.0 Å². The molecule has 0 radical (unpaired) electrons. The van der Waals surface area contributed by atoms with Crippen LogP contribution in [0.4, 0.5) is 5.69 Å². The van der Waals surface area contributed by atoms with Gasteiger partial charge in [-0.3, -0.25) is 0 Å². The largest absolute Gasteiger partial charge is 0.476 e. The predicted octanol–water partition coefficient (Wildman–Crippen LogP) is 2.53. The minimum Gasteiger partial charge on any atom is -0.476 e. The summed E-state index contributed by atoms with van der Waals surface area (Å²) in [5.74, 6) is -0.365. The molecule has 0 aliphatic heterocycles. The Morgan fingerprint density at radius 1 is 1.52 bits per heavy atom. The topological polar surface area (TPSA) is 84.3 Å². The van der Waals surface area contributed by atoms with Crippen LogP contribution in [0.25, 0.3) is 0 Å². The number of carbonyl (C=O) groups is 1. The Bertz CT molecular complexity index is 513. The van der Waals surface area contributed by atoms with E-state index in [0.717, 1.165) is 32.4 Å². The Morgan fingerprint density at radius 3 is 2.76 bits per heavy atom. The van der Waals surface area contributed by atoms with Gasteiger partial charge in [0.05, 0.1) is 11.9 Å². The second-order valence-electron chi connectivity index (χ2n) is 6.05. The number of nitrogens with zero attached hydrogens (tertiary/aromatic N) is 2. The van der Waals surface area contributed by atoms with Crippen LogP contribution in [0, 0.1) is 5.41 Å². The van der Waals surface area contributed by atoms with Crippen LogP contribution in [0.3, 0.4) is 0 Å². The highest BCUT2D eigenvalue weighted by molar-refractivity contribution is 5.91. The highest BCUT2D eigenvalue weighted by atomic mass is 16.5. The van der Waals surface area contributed by atoms with Crippen molar-refractivity contribution in [3.63, 3.8) is 0 Å². The van der Waals surface area contributed by atoms with Crippen molar-refractivity contribution in [3.8, 4) is 0 Å². The van der Waals surface area contributed by atoms with Gasteiger partial charge in [0.2, 0.25) is 0 Å². The number of anilines is 1. The summed E-state index contributed by atoms with van der Waals surface area (Å²) in [6.07, 6.45) is 4.87. The van der Waals surface area contributed by atoms with Crippen molar-refractivity contribution in [2.24, 2.45) is 5.41 Å². The summed E-state index contributed by atoms with van der Waals surface area (Å²) in [5, 5.41) is 12.5. The van der Waals surface area contributed by atoms with Gasteiger partial charge in [-0.25, -0.2) is 14.8 Å². The van der Waals surface area contributed by atoms with E-state index < -0.39 is 5.97 Å². The molecular weight excluding hydrogens is 270 g/mol. The first-order chi connectivity index (χ1) is 9.97. The first-order valence-electron chi connectivity index (χ1n) is 7.30. The standard InChI is InChI=1S/C15H23N3O3/c1-10(2)13-16-8-11(12(18-13)14(19)20)17-9-15(4-5-15)6-7-21-3/h8,10,17H,4-7,9H2,1-3H3,(H,19,20). The van der Waals surface area contributed by atoms with Gasteiger partial charge in [0, 0.05) is 26.2 Å². The van der Waals surface area contributed by atoms with Gasteiger partial charge >= 0.3 is 5.97 Å². The Hall–Kier alpha value is -1.69. The van der Waals surface area contributed by atoms with E-state index in [1.165, 1.54) is 0 Å². The third kappa shape index (κ3) is 3.91. The van der Waals surface area contributed by atoms with Crippen LogP contribution < -0.4 is 5.32 Å². The van der Waals surface area contributed by atoms with E-state index in [1.54, 1.807) is 13.3 Å². The second-order valence-corrected chi connectivity index (χ2v) is 6.05. The first-order valence-corrected chi connectivity index (χ1v) is 7.30. The lowest BCUT2D eigenvalue weighted by Crippen LogP contribution is -2.20. The second kappa shape index (κ2) is 6.39. The van der Waals surface area contributed by atoms with Gasteiger partial charge in [0.15, 0.2) is 5.69 Å². The molecule has 1 heterocycles. The lowest BCUT2D eigenvalue weighted by atomic mass is 10.0. The Morgan fingerprint density at radius 2 is 2.24 bits per heavy atom. The molecule has 2 rings (SSSR count). The lowest BCUT2D eigenvalue weighted by molar-refractivity contribution is 0.0691. The van der Waals surface area contributed by atoms with E-state index in [0.29, 0.717) is 11.5 Å². The molecule has 6 heteroatoms. The smallest absolute Gasteiger partial charge is 0.356 e. The average Bonchev–Trinajstić information content (AvgIpc) is 3.23. The lowest BCUT2D eigenvalue weighted by Gasteiger charge is -2.17. The Balaban J connectivity index is 2.07. The molecule has 1 saturated carbocycles. The van der Waals surface area contributed by atoms with Gasteiger partial charge in [-0.05, 0) is 24.7 Å². The van der Waals surface area contributed by atoms with Crippen molar-refractivity contribution in [1.82, 2.24) is 9.97 Å². The highest BCUT2D eigenvalue weighted by Crippen LogP contribution is 2.48. The van der Waals surface area contributed by atoms with Gasteiger partial charge in [0.1, 0.15) is 5.82 Å². The number of nitrogens with one attached hydrogen (secondary N) is 1. The molecular formula is C15H23N3O3. The molecule has 0 aromatic carbocycles. The highest BCUT2D eigenvalue weighted by Gasteiger charge is 2.41. The monoisotopic (exact) mass is 293 g/mol. The van der Waals surface area contributed by atoms with Gasteiger partial charge in [-0.1, -0.05) is 13.8 Å². The number of carboxylic acid groups (broad SMARTS) is 1. The molecule has 0 spiro atoms. The third-order valence-electron chi connectivity index (χ3n) is 3.97. The van der Waals surface area contributed by atoms with Crippen molar-refractivity contribution >= 4 is 11.7 Å². The maximum Gasteiger partial charge on any atom is 0.356 e. The molecule has 0 bridgehead atoms. The molecule has 1 aliphatic carbocycles. The summed E-state index contributed by atoms with van der Waals surface area (Å²) < 4.78 is 5.13. The fraction of sp³-hybridized carbons (Fsp3) is 0.667. The summed E-state index contributed by atoms with van der Waals surface area (Å²) in [4.78, 5) is 19.8. The minimum atomic E-state index is -1.02. The van der Waals surface area contributed by atoms with Crippen molar-refractivity contribution in [2.75, 3.05) is 25.6 Å². The first kappa shape index (κ1) is 15.7. The minimum absolute atomic E-state index is 0.0521. The zero-order valence-corrected chi connectivity index (χ0v) is 12.8. The van der Waals surface area contributed by atoms with Crippen LogP contribution in [0.1, 0.15) is 55.3 Å². The predicted molar refractivity (Wildman–Crippen MR) is 79.7 cm³/mol. The van der Waals surface area contributed by atoms with Crippen molar-refractivity contribution in [3.05, 3.63) is 17.7 Å². The zero-order valence-electron chi connectivity index (χ0n) is 12.8. The molecule has 1 aliphatic rings. The summed E-state index contributed by atoms with van der Waals surface area (Å²) in [5.41, 5.74) is 0.787. The molecule has 0 unspecified atom stereocenters. The van der Waals surface area contributed by atoms with Crippen LogP contribution in [0.5, 0.6) is 0 Å². The van der Waals surface area contributed by atoms with Crippen LogP contribution in [0.2, 0.25) is 0 Å². The van der Waals surface area contributed by atoms with E-state index >= 15 is 0 Å². The summed E-state index contributed by atoms with van der Waals surface area (Å²) in [7, 11) is 1.70. The molecule has 116 valence electrons. The number of hydrogen-bond donors (Lipinski definition) is 2. The van der Waals surface area contributed by atoms with E-state index in [9.17, 15) is 9.90 Å². The summed E-state index contributed by atoms with van der Waals surface area (Å²) in [6.45, 7) is 5.35. The quantitative estimate of drug-likeness (QED) is 0.766. The zero-order chi connectivity index (χ0) is 15.5. The van der Waals surface area contributed by atoms with Crippen LogP contribution >= 0.6 is 0 Å². The average molecular weight is 293 g/mol. The molecule has 6 nitrogen and oxygen atoms in total. The molecule has 0 amide bonds. The van der Waals surface area contributed by atoms with Gasteiger partial charge in [0.25, 0.3) is 0 Å². The Labute approximate surface area is 124 Å². The number of aromatic carboxylic acids is 1. The van der Waals surface area contributed by atoms with Gasteiger partial charge in [-0.15, -0.1) is 0 Å². The van der Waals surface area contributed by atoms with Crippen LogP contribution in [-0.4, -0.2) is 41.3 Å². The number of hydrogen-bond acceptors (Lipinski definition) is 5. The third-order valence-corrected chi connectivity index (χ3v) is 3.97. The number of aromatic nitrogens is 2. The van der Waals surface area contributed by atoms with Crippen molar-refractivity contribution in [2.45, 2.75) is 39.0 Å². The van der Waals surface area contributed by atoms with Crippen molar-refractivity contribution < 1.29 is 14.6 Å². The van der Waals surface area contributed by atoms with E-state index in [4.69, 9.17) is 4.74 Å². The van der Waals surface area contributed by atoms with Gasteiger partial charge < -0.3 is 15.2 Å². The molecule has 1 aromatic rings. The fourth-order valence-electron chi connectivity index (χ4n) is 2.26. The fourth-order valence-corrected chi connectivity index (χ4v) is 2.26. The number of ether oxygens (including phenoxy) is 1. The summed E-state index contributed by atoms with van der Waals surface area (Å²) >= 11 is 0. The number of rotatable bonds is 8. The summed E-state index contributed by atoms with van der Waals surface area (Å²) in [6, 6.07) is 0. The van der Waals surface area contributed by atoms with E-state index in [2.05, 4.69) is 15.3 Å². The van der Waals surface area contributed by atoms with Crippen LogP contribution in [-0.2, 0) is 4.74 Å². The maximum absolute atomic E-state index is 11.4. The normalized spacial score (nSPS) is 16.0. The SMILES string of the molecule is COCCC1(CNc2cnc(C(C)C)nc2C(=O)O)CC1. The molecule has 0 saturated heterocycles. The van der Waals surface area contributed by atoms with Crippen molar-refractivity contribution in [1.29, 1.82) is 0 Å². The molecule has 2 N–H and O–H groups in total. The number of carboxylic acids is 1. The van der Waals surface area contributed by atoms with E-state index in [1.807, 2.05) is 13.8 Å². The molecule has 0 atom stereocenters. The maximum atomic E-state index is 11.4. The molecule has 1 aromatic heterocycles. The molecule has 21 heavy (non-hydrogen) atoms. The number of methoxy groups -OCH3 is 1. The van der Waals surface area contributed by atoms with Crippen LogP contribution in [0.15, 0.2) is 6.20 Å². The molecule has 1 fully saturated rings. The Kier molecular flexibility index (Phi) is 4.77. The van der Waals surface area contributed by atoms with Gasteiger partial charge in [-0.2, -0.15) is 0 Å².